The summed E-state index contributed by atoms with van der Waals surface area (Å²) in [7, 11) is 0. The standard InChI is InChI=1S/C24H31N3O2/c1-3-14-29-22-6-4-21-17-27(13-10-19(21)15-22)23-7-5-20(16-25-23)24(28)26-11-8-18(2)9-12-26/h4-7,15-16,18H,3,8-14,17H2,1-2H3. The molecule has 1 saturated heterocycles. The Morgan fingerprint density at radius 3 is 2.69 bits per heavy atom. The lowest BCUT2D eigenvalue weighted by molar-refractivity contribution is 0.0697. The zero-order valence-corrected chi connectivity index (χ0v) is 17.6. The summed E-state index contributed by atoms with van der Waals surface area (Å²) in [5.74, 6) is 2.73. The summed E-state index contributed by atoms with van der Waals surface area (Å²) in [5.41, 5.74) is 3.38. The van der Waals surface area contributed by atoms with E-state index < -0.39 is 0 Å². The van der Waals surface area contributed by atoms with Crippen LogP contribution in [-0.4, -0.2) is 42.0 Å². The second-order valence-corrected chi connectivity index (χ2v) is 8.33. The third kappa shape index (κ3) is 4.55. The summed E-state index contributed by atoms with van der Waals surface area (Å²) < 4.78 is 5.76. The van der Waals surface area contributed by atoms with Crippen LogP contribution in [0.4, 0.5) is 5.82 Å². The summed E-state index contributed by atoms with van der Waals surface area (Å²) in [6.45, 7) is 8.62. The van der Waals surface area contributed by atoms with E-state index in [0.29, 0.717) is 5.56 Å². The summed E-state index contributed by atoms with van der Waals surface area (Å²) in [6, 6.07) is 10.3. The number of carbonyl (C=O) groups is 1. The van der Waals surface area contributed by atoms with E-state index in [4.69, 9.17) is 4.74 Å². The number of likely N-dealkylation sites (tertiary alicyclic amines) is 1. The first-order valence-corrected chi connectivity index (χ1v) is 10.9. The van der Waals surface area contributed by atoms with Crippen molar-refractivity contribution in [3.05, 3.63) is 53.2 Å². The van der Waals surface area contributed by atoms with E-state index in [1.165, 1.54) is 11.1 Å². The average molecular weight is 394 g/mol. The van der Waals surface area contributed by atoms with Crippen molar-refractivity contribution in [1.82, 2.24) is 9.88 Å². The Balaban J connectivity index is 1.40. The molecule has 154 valence electrons. The highest BCUT2D eigenvalue weighted by atomic mass is 16.5. The van der Waals surface area contributed by atoms with Gasteiger partial charge in [0.05, 0.1) is 12.2 Å². The van der Waals surface area contributed by atoms with Gasteiger partial charge in [-0.2, -0.15) is 0 Å². The van der Waals surface area contributed by atoms with E-state index in [-0.39, 0.29) is 5.91 Å². The first-order valence-electron chi connectivity index (χ1n) is 10.9. The molecule has 1 fully saturated rings. The zero-order valence-electron chi connectivity index (χ0n) is 17.6. The number of hydrogen-bond acceptors (Lipinski definition) is 4. The van der Waals surface area contributed by atoms with Crippen LogP contribution in [0.3, 0.4) is 0 Å². The van der Waals surface area contributed by atoms with Crippen LogP contribution in [0, 0.1) is 5.92 Å². The number of pyridine rings is 1. The summed E-state index contributed by atoms with van der Waals surface area (Å²) >= 11 is 0. The van der Waals surface area contributed by atoms with Crippen molar-refractivity contribution in [2.75, 3.05) is 31.1 Å². The van der Waals surface area contributed by atoms with Crippen molar-refractivity contribution < 1.29 is 9.53 Å². The van der Waals surface area contributed by atoms with Gasteiger partial charge in [-0.15, -0.1) is 0 Å². The largest absolute Gasteiger partial charge is 0.494 e. The lowest BCUT2D eigenvalue weighted by atomic mass is 9.98. The molecule has 29 heavy (non-hydrogen) atoms. The topological polar surface area (TPSA) is 45.7 Å². The Bertz CT molecular complexity index is 842. The number of fused-ring (bicyclic) bond motifs is 1. The Hall–Kier alpha value is -2.56. The highest BCUT2D eigenvalue weighted by Gasteiger charge is 2.22. The second-order valence-electron chi connectivity index (χ2n) is 8.33. The normalized spacial score (nSPS) is 17.2. The number of anilines is 1. The molecule has 2 aliphatic heterocycles. The minimum Gasteiger partial charge on any atom is -0.494 e. The third-order valence-corrected chi connectivity index (χ3v) is 6.05. The van der Waals surface area contributed by atoms with Crippen molar-refractivity contribution >= 4 is 11.7 Å². The molecule has 1 amide bonds. The van der Waals surface area contributed by atoms with Gasteiger partial charge in [0.1, 0.15) is 11.6 Å². The molecule has 5 heteroatoms. The first kappa shape index (κ1) is 19.7. The monoisotopic (exact) mass is 393 g/mol. The van der Waals surface area contributed by atoms with Crippen LogP contribution < -0.4 is 9.64 Å². The van der Waals surface area contributed by atoms with Crippen LogP contribution >= 0.6 is 0 Å². The number of ether oxygens (including phenoxy) is 1. The van der Waals surface area contributed by atoms with Crippen LogP contribution in [0.2, 0.25) is 0 Å². The molecule has 0 radical (unpaired) electrons. The predicted molar refractivity (Wildman–Crippen MR) is 116 cm³/mol. The molecule has 4 rings (SSSR count). The van der Waals surface area contributed by atoms with Gasteiger partial charge in [-0.25, -0.2) is 4.98 Å². The summed E-state index contributed by atoms with van der Waals surface area (Å²) in [6.07, 6.45) is 5.93. The molecule has 0 unspecified atom stereocenters. The van der Waals surface area contributed by atoms with Crippen molar-refractivity contribution in [3.63, 3.8) is 0 Å². The number of piperidine rings is 1. The van der Waals surface area contributed by atoms with Gasteiger partial charge < -0.3 is 14.5 Å². The molecule has 3 heterocycles. The number of benzene rings is 1. The van der Waals surface area contributed by atoms with Crippen molar-refractivity contribution in [3.8, 4) is 5.75 Å². The molecule has 0 spiro atoms. The quantitative estimate of drug-likeness (QED) is 0.760. The number of aromatic nitrogens is 1. The fourth-order valence-electron chi connectivity index (χ4n) is 4.13. The number of nitrogens with zero attached hydrogens (tertiary/aromatic N) is 3. The molecule has 2 aliphatic rings. The third-order valence-electron chi connectivity index (χ3n) is 6.05. The van der Waals surface area contributed by atoms with Crippen molar-refractivity contribution in [2.24, 2.45) is 5.92 Å². The molecule has 0 bridgehead atoms. The second kappa shape index (κ2) is 8.85. The highest BCUT2D eigenvalue weighted by Crippen LogP contribution is 2.27. The highest BCUT2D eigenvalue weighted by molar-refractivity contribution is 5.94. The van der Waals surface area contributed by atoms with E-state index in [0.717, 1.165) is 76.0 Å². The van der Waals surface area contributed by atoms with Crippen LogP contribution in [0.5, 0.6) is 5.75 Å². The fourth-order valence-corrected chi connectivity index (χ4v) is 4.13. The molecular formula is C24H31N3O2. The van der Waals surface area contributed by atoms with E-state index in [2.05, 4.69) is 41.9 Å². The number of rotatable bonds is 5. The van der Waals surface area contributed by atoms with Gasteiger partial charge in [-0.1, -0.05) is 19.9 Å². The van der Waals surface area contributed by atoms with E-state index >= 15 is 0 Å². The van der Waals surface area contributed by atoms with E-state index in [1.807, 2.05) is 17.0 Å². The summed E-state index contributed by atoms with van der Waals surface area (Å²) in [4.78, 5) is 21.6. The van der Waals surface area contributed by atoms with Gasteiger partial charge in [0.25, 0.3) is 5.91 Å². The maximum absolute atomic E-state index is 12.7. The molecular weight excluding hydrogens is 362 g/mol. The first-order chi connectivity index (χ1) is 14.1. The van der Waals surface area contributed by atoms with Crippen molar-refractivity contribution in [1.29, 1.82) is 0 Å². The molecule has 0 N–H and O–H groups in total. The summed E-state index contributed by atoms with van der Waals surface area (Å²) in [5, 5.41) is 0. The Morgan fingerprint density at radius 1 is 1.14 bits per heavy atom. The minimum atomic E-state index is 0.111. The predicted octanol–water partition coefficient (Wildman–Crippen LogP) is 4.31. The molecule has 0 saturated carbocycles. The SMILES string of the molecule is CCCOc1ccc2c(c1)CCN(c1ccc(C(=O)N3CCC(C)CC3)cn1)C2. The van der Waals surface area contributed by atoms with Gasteiger partial charge in [0, 0.05) is 32.4 Å². The number of carbonyl (C=O) groups excluding carboxylic acids is 1. The lowest BCUT2D eigenvalue weighted by Gasteiger charge is -2.31. The maximum Gasteiger partial charge on any atom is 0.255 e. The maximum atomic E-state index is 12.7. The fraction of sp³-hybridized carbons (Fsp3) is 0.500. The Labute approximate surface area is 173 Å². The number of hydrogen-bond donors (Lipinski definition) is 0. The number of amides is 1. The van der Waals surface area contributed by atoms with Crippen LogP contribution in [0.1, 0.15) is 54.6 Å². The zero-order chi connectivity index (χ0) is 20.2. The van der Waals surface area contributed by atoms with Crippen LogP contribution in [0.25, 0.3) is 0 Å². The Kier molecular flexibility index (Phi) is 6.02. The smallest absolute Gasteiger partial charge is 0.255 e. The molecule has 5 nitrogen and oxygen atoms in total. The molecule has 1 aromatic heterocycles. The van der Waals surface area contributed by atoms with Gasteiger partial charge in [-0.3, -0.25) is 4.79 Å². The molecule has 2 aromatic rings. The Morgan fingerprint density at radius 2 is 1.97 bits per heavy atom. The minimum absolute atomic E-state index is 0.111. The average Bonchev–Trinajstić information content (AvgIpc) is 2.77. The van der Waals surface area contributed by atoms with Crippen LogP contribution in [0.15, 0.2) is 36.5 Å². The van der Waals surface area contributed by atoms with Crippen LogP contribution in [-0.2, 0) is 13.0 Å². The van der Waals surface area contributed by atoms with Gasteiger partial charge in [0.2, 0.25) is 0 Å². The van der Waals surface area contributed by atoms with E-state index in [1.54, 1.807) is 6.20 Å². The van der Waals surface area contributed by atoms with Gasteiger partial charge in [0.15, 0.2) is 0 Å². The molecule has 0 atom stereocenters. The molecule has 1 aromatic carbocycles. The van der Waals surface area contributed by atoms with E-state index in [9.17, 15) is 4.79 Å². The lowest BCUT2D eigenvalue weighted by Crippen LogP contribution is -2.38. The molecule has 0 aliphatic carbocycles. The van der Waals surface area contributed by atoms with Gasteiger partial charge in [-0.05, 0) is 67.0 Å². The van der Waals surface area contributed by atoms with Crippen molar-refractivity contribution in [2.45, 2.75) is 46.1 Å². The van der Waals surface area contributed by atoms with Gasteiger partial charge >= 0.3 is 0 Å².